The minimum atomic E-state index is -0.909. The Labute approximate surface area is 213 Å². The first-order chi connectivity index (χ1) is 18.1. The fourth-order valence-electron chi connectivity index (χ4n) is 4.24. The number of amides is 2. The third kappa shape index (κ3) is 5.45. The number of hydrogen-bond donors (Lipinski definition) is 1. The predicted molar refractivity (Wildman–Crippen MR) is 136 cm³/mol. The van der Waals surface area contributed by atoms with Gasteiger partial charge in [0.2, 0.25) is 11.8 Å². The number of nitrogens with zero attached hydrogens (tertiary/aromatic N) is 4. The molecule has 1 N–H and O–H groups in total. The zero-order chi connectivity index (χ0) is 25.6. The molecular weight excluding hydrogens is 470 g/mol. The molecule has 5 aromatic rings. The second kappa shape index (κ2) is 10.9. The quantitative estimate of drug-likeness (QED) is 0.309. The molecule has 0 unspecified atom stereocenters. The topological polar surface area (TPSA) is 106 Å². The third-order valence-corrected chi connectivity index (χ3v) is 6.21. The zero-order valence-corrected chi connectivity index (χ0v) is 20.4. The van der Waals surface area contributed by atoms with Crippen molar-refractivity contribution >= 4 is 22.8 Å². The van der Waals surface area contributed by atoms with Gasteiger partial charge in [0.05, 0.1) is 31.1 Å². The number of carbonyl (C=O) groups excluding carboxylic acids is 2. The predicted octanol–water partition coefficient (Wildman–Crippen LogP) is 4.27. The van der Waals surface area contributed by atoms with Gasteiger partial charge >= 0.3 is 0 Å². The summed E-state index contributed by atoms with van der Waals surface area (Å²) in [5, 5.41) is 11.2. The molecule has 5 rings (SSSR count). The maximum Gasteiger partial charge on any atom is 0.247 e. The first-order valence-electron chi connectivity index (χ1n) is 12.1. The molecule has 2 aromatic carbocycles. The average Bonchev–Trinajstić information content (AvgIpc) is 3.71. The molecule has 3 heterocycles. The summed E-state index contributed by atoms with van der Waals surface area (Å²) >= 11 is 0. The molecule has 1 atom stereocenters. The average molecular weight is 498 g/mol. The standard InChI is InChI=1S/C28H27N5O4/c1-2-20-11-13-21(14-12-20)27(28(35)29-17-22-7-5-15-36-22)32(18-23-8-6-16-37-23)26(34)19-33-25-10-4-3-9-24(25)30-31-33/h3-16,27H,2,17-19H2,1H3,(H,29,35)/t27-/m0/s1. The van der Waals surface area contributed by atoms with Crippen LogP contribution in [0.15, 0.2) is 94.2 Å². The van der Waals surface area contributed by atoms with E-state index in [1.807, 2.05) is 48.5 Å². The van der Waals surface area contributed by atoms with E-state index in [-0.39, 0.29) is 31.4 Å². The lowest BCUT2D eigenvalue weighted by Gasteiger charge is -2.31. The molecule has 0 aliphatic heterocycles. The first kappa shape index (κ1) is 24.1. The highest BCUT2D eigenvalue weighted by Gasteiger charge is 2.32. The zero-order valence-electron chi connectivity index (χ0n) is 20.4. The monoisotopic (exact) mass is 497 g/mol. The fourth-order valence-corrected chi connectivity index (χ4v) is 4.24. The van der Waals surface area contributed by atoms with E-state index in [1.54, 1.807) is 41.5 Å². The van der Waals surface area contributed by atoms with Gasteiger partial charge in [-0.1, -0.05) is 48.5 Å². The Morgan fingerprint density at radius 3 is 2.38 bits per heavy atom. The van der Waals surface area contributed by atoms with Gasteiger partial charge in [-0.3, -0.25) is 9.59 Å². The molecule has 0 aliphatic rings. The van der Waals surface area contributed by atoms with E-state index in [9.17, 15) is 9.59 Å². The molecule has 0 radical (unpaired) electrons. The molecule has 9 nitrogen and oxygen atoms in total. The number of fused-ring (bicyclic) bond motifs is 1. The number of rotatable bonds is 10. The van der Waals surface area contributed by atoms with Crippen LogP contribution in [-0.4, -0.2) is 31.7 Å². The van der Waals surface area contributed by atoms with E-state index in [2.05, 4.69) is 22.6 Å². The highest BCUT2D eigenvalue weighted by atomic mass is 16.3. The first-order valence-corrected chi connectivity index (χ1v) is 12.1. The van der Waals surface area contributed by atoms with Gasteiger partial charge in [-0.05, 0) is 53.9 Å². The van der Waals surface area contributed by atoms with Gasteiger partial charge in [-0.2, -0.15) is 0 Å². The van der Waals surface area contributed by atoms with Crippen molar-refractivity contribution < 1.29 is 18.4 Å². The van der Waals surface area contributed by atoms with E-state index >= 15 is 0 Å². The summed E-state index contributed by atoms with van der Waals surface area (Å²) in [5.41, 5.74) is 3.25. The second-order valence-electron chi connectivity index (χ2n) is 8.63. The SMILES string of the molecule is CCc1ccc([C@@H](C(=O)NCc2ccco2)N(Cc2ccco2)C(=O)Cn2nnc3ccccc32)cc1. The van der Waals surface area contributed by atoms with E-state index in [4.69, 9.17) is 8.83 Å². The van der Waals surface area contributed by atoms with Crippen molar-refractivity contribution in [3.05, 3.63) is 108 Å². The summed E-state index contributed by atoms with van der Waals surface area (Å²) in [6.45, 7) is 2.28. The van der Waals surface area contributed by atoms with Crippen LogP contribution in [0.2, 0.25) is 0 Å². The van der Waals surface area contributed by atoms with Gasteiger partial charge in [0.25, 0.3) is 0 Å². The number of carbonyl (C=O) groups is 2. The van der Waals surface area contributed by atoms with Crippen molar-refractivity contribution in [2.24, 2.45) is 0 Å². The van der Waals surface area contributed by atoms with Crippen LogP contribution < -0.4 is 5.32 Å². The molecular formula is C28H27N5O4. The minimum absolute atomic E-state index is 0.0871. The van der Waals surface area contributed by atoms with E-state index < -0.39 is 6.04 Å². The van der Waals surface area contributed by atoms with Crippen LogP contribution in [0, 0.1) is 0 Å². The lowest BCUT2D eigenvalue weighted by atomic mass is 10.0. The fraction of sp³-hybridized carbons (Fsp3) is 0.214. The largest absolute Gasteiger partial charge is 0.467 e. The summed E-state index contributed by atoms with van der Waals surface area (Å²) in [4.78, 5) is 29.0. The molecule has 0 bridgehead atoms. The lowest BCUT2D eigenvalue weighted by Crippen LogP contribution is -2.44. The minimum Gasteiger partial charge on any atom is -0.467 e. The number of hydrogen-bond acceptors (Lipinski definition) is 6. The molecule has 2 amide bonds. The summed E-state index contributed by atoms with van der Waals surface area (Å²) in [7, 11) is 0. The molecule has 0 aliphatic carbocycles. The van der Waals surface area contributed by atoms with E-state index in [0.717, 1.165) is 17.5 Å². The Bertz CT molecular complexity index is 1460. The molecule has 0 fully saturated rings. The maximum absolute atomic E-state index is 13.9. The van der Waals surface area contributed by atoms with Gasteiger partial charge in [0.15, 0.2) is 0 Å². The molecule has 37 heavy (non-hydrogen) atoms. The lowest BCUT2D eigenvalue weighted by molar-refractivity contribution is -0.142. The van der Waals surface area contributed by atoms with Crippen molar-refractivity contribution in [3.63, 3.8) is 0 Å². The Morgan fingerprint density at radius 1 is 0.946 bits per heavy atom. The summed E-state index contributed by atoms with van der Waals surface area (Å²) in [6.07, 6.45) is 3.96. The number of para-hydroxylation sites is 1. The number of aromatic nitrogens is 3. The van der Waals surface area contributed by atoms with Crippen molar-refractivity contribution in [2.45, 2.75) is 39.0 Å². The van der Waals surface area contributed by atoms with Crippen molar-refractivity contribution in [1.82, 2.24) is 25.2 Å². The smallest absolute Gasteiger partial charge is 0.247 e. The van der Waals surface area contributed by atoms with Gasteiger partial charge in [-0.25, -0.2) is 4.68 Å². The summed E-state index contributed by atoms with van der Waals surface area (Å²) < 4.78 is 12.5. The number of nitrogens with one attached hydrogen (secondary N) is 1. The second-order valence-corrected chi connectivity index (χ2v) is 8.63. The number of furan rings is 2. The maximum atomic E-state index is 13.9. The van der Waals surface area contributed by atoms with Gasteiger partial charge < -0.3 is 19.1 Å². The highest BCUT2D eigenvalue weighted by Crippen LogP contribution is 2.26. The van der Waals surface area contributed by atoms with Crippen LogP contribution in [0.3, 0.4) is 0 Å². The summed E-state index contributed by atoms with van der Waals surface area (Å²) in [6, 6.07) is 21.3. The van der Waals surface area contributed by atoms with Crippen LogP contribution in [0.25, 0.3) is 11.0 Å². The molecule has 0 saturated heterocycles. The van der Waals surface area contributed by atoms with Crippen LogP contribution in [0.5, 0.6) is 0 Å². The van der Waals surface area contributed by atoms with Gasteiger partial charge in [0, 0.05) is 0 Å². The van der Waals surface area contributed by atoms with E-state index in [0.29, 0.717) is 22.6 Å². The Morgan fingerprint density at radius 2 is 1.68 bits per heavy atom. The Kier molecular flexibility index (Phi) is 7.12. The number of aryl methyl sites for hydroxylation is 1. The number of benzene rings is 2. The third-order valence-electron chi connectivity index (χ3n) is 6.21. The van der Waals surface area contributed by atoms with Gasteiger partial charge in [0.1, 0.15) is 29.6 Å². The molecule has 0 spiro atoms. The van der Waals surface area contributed by atoms with Crippen molar-refractivity contribution in [1.29, 1.82) is 0 Å². The Balaban J connectivity index is 1.49. The summed E-state index contributed by atoms with van der Waals surface area (Å²) in [5.74, 6) is 0.547. The van der Waals surface area contributed by atoms with Crippen LogP contribution in [0.4, 0.5) is 0 Å². The van der Waals surface area contributed by atoms with Gasteiger partial charge in [-0.15, -0.1) is 5.10 Å². The highest BCUT2D eigenvalue weighted by molar-refractivity contribution is 5.89. The normalized spacial score (nSPS) is 11.9. The molecule has 9 heteroatoms. The van der Waals surface area contributed by atoms with Crippen molar-refractivity contribution in [3.8, 4) is 0 Å². The van der Waals surface area contributed by atoms with Crippen molar-refractivity contribution in [2.75, 3.05) is 0 Å². The Hall–Kier alpha value is -4.66. The molecule has 3 aromatic heterocycles. The van der Waals surface area contributed by atoms with Crippen LogP contribution >= 0.6 is 0 Å². The molecule has 0 saturated carbocycles. The van der Waals surface area contributed by atoms with Crippen LogP contribution in [0.1, 0.15) is 35.6 Å². The van der Waals surface area contributed by atoms with Crippen LogP contribution in [-0.2, 0) is 35.6 Å². The molecule has 188 valence electrons. The van der Waals surface area contributed by atoms with E-state index in [1.165, 1.54) is 4.90 Å².